The van der Waals surface area contributed by atoms with Crippen LogP contribution in [-0.4, -0.2) is 46.2 Å². The summed E-state index contributed by atoms with van der Waals surface area (Å²) in [5, 5.41) is 10.1. The Hall–Kier alpha value is -1.21. The number of hydrogen-bond acceptors (Lipinski definition) is 6. The summed E-state index contributed by atoms with van der Waals surface area (Å²) in [6, 6.07) is 0. The second-order valence-electron chi connectivity index (χ2n) is 6.54. The molecule has 0 unspecified atom stereocenters. The predicted molar refractivity (Wildman–Crippen MR) is 75.2 cm³/mol. The summed E-state index contributed by atoms with van der Waals surface area (Å²) >= 11 is 1.38. The van der Waals surface area contributed by atoms with E-state index in [1.54, 1.807) is 0 Å². The number of aromatic nitrogens is 2. The number of hydrogen-bond donors (Lipinski definition) is 1. The third-order valence-corrected chi connectivity index (χ3v) is 4.77. The van der Waals surface area contributed by atoms with Crippen molar-refractivity contribution in [2.24, 2.45) is 11.8 Å². The zero-order valence-electron chi connectivity index (χ0n) is 11.9. The molecular formula is C13H19N3O3S. The van der Waals surface area contributed by atoms with E-state index < -0.39 is 5.97 Å². The number of rotatable bonds is 2. The van der Waals surface area contributed by atoms with Gasteiger partial charge < -0.3 is 14.7 Å². The van der Waals surface area contributed by atoms with E-state index in [4.69, 9.17) is 4.74 Å². The summed E-state index contributed by atoms with van der Waals surface area (Å²) < 4.78 is 10.0. The Morgan fingerprint density at radius 3 is 2.80 bits per heavy atom. The summed E-state index contributed by atoms with van der Waals surface area (Å²) in [6.07, 6.45) is 0.0121. The quantitative estimate of drug-likeness (QED) is 0.888. The van der Waals surface area contributed by atoms with Crippen LogP contribution in [-0.2, 0) is 14.9 Å². The van der Waals surface area contributed by atoms with Crippen LogP contribution in [0.1, 0.15) is 26.6 Å². The summed E-state index contributed by atoms with van der Waals surface area (Å²) in [5.74, 6) is -0.244. The van der Waals surface area contributed by atoms with Crippen LogP contribution >= 0.6 is 11.5 Å². The molecule has 2 aliphatic rings. The molecule has 0 spiro atoms. The lowest BCUT2D eigenvalue weighted by atomic mass is 9.93. The first kappa shape index (κ1) is 13.8. The highest BCUT2D eigenvalue weighted by atomic mass is 32.1. The van der Waals surface area contributed by atoms with Crippen molar-refractivity contribution in [1.82, 2.24) is 9.36 Å². The van der Waals surface area contributed by atoms with Gasteiger partial charge in [-0.15, -0.1) is 0 Å². The predicted octanol–water partition coefficient (Wildman–Crippen LogP) is 1.37. The highest BCUT2D eigenvalue weighted by Gasteiger charge is 2.47. The Balaban J connectivity index is 1.75. The van der Waals surface area contributed by atoms with Gasteiger partial charge in [-0.05, 0) is 0 Å². The fourth-order valence-electron chi connectivity index (χ4n) is 2.77. The van der Waals surface area contributed by atoms with Gasteiger partial charge in [0.2, 0.25) is 5.13 Å². The molecule has 20 heavy (non-hydrogen) atoms. The van der Waals surface area contributed by atoms with E-state index in [-0.39, 0.29) is 23.4 Å². The van der Waals surface area contributed by atoms with Gasteiger partial charge in [0.15, 0.2) is 0 Å². The van der Waals surface area contributed by atoms with Crippen LogP contribution in [0, 0.1) is 11.8 Å². The van der Waals surface area contributed by atoms with Crippen molar-refractivity contribution in [3.63, 3.8) is 0 Å². The van der Waals surface area contributed by atoms with Gasteiger partial charge in [0.25, 0.3) is 0 Å². The van der Waals surface area contributed by atoms with E-state index in [1.807, 2.05) is 0 Å². The highest BCUT2D eigenvalue weighted by Crippen LogP contribution is 2.37. The van der Waals surface area contributed by atoms with Crippen LogP contribution in [0.25, 0.3) is 0 Å². The van der Waals surface area contributed by atoms with Crippen molar-refractivity contribution in [2.45, 2.75) is 32.3 Å². The minimum atomic E-state index is -0.757. The molecular weight excluding hydrogens is 278 g/mol. The van der Waals surface area contributed by atoms with Gasteiger partial charge >= 0.3 is 5.97 Å². The summed E-state index contributed by atoms with van der Waals surface area (Å²) in [6.45, 7) is 8.00. The number of carbonyl (C=O) groups is 1. The van der Waals surface area contributed by atoms with Gasteiger partial charge in [-0.2, -0.15) is 4.37 Å². The molecule has 0 amide bonds. The minimum absolute atomic E-state index is 0.0121. The van der Waals surface area contributed by atoms with Gasteiger partial charge in [0, 0.05) is 36.0 Å². The second-order valence-corrected chi connectivity index (χ2v) is 7.27. The third-order valence-electron chi connectivity index (χ3n) is 3.99. The molecule has 1 aromatic heterocycles. The Morgan fingerprint density at radius 2 is 2.20 bits per heavy atom. The van der Waals surface area contributed by atoms with Crippen molar-refractivity contribution in [3.05, 3.63) is 5.82 Å². The normalized spacial score (nSPS) is 29.8. The maximum absolute atomic E-state index is 11.2. The van der Waals surface area contributed by atoms with Gasteiger partial charge in [0.1, 0.15) is 5.82 Å². The Kier molecular flexibility index (Phi) is 3.21. The van der Waals surface area contributed by atoms with Gasteiger partial charge in [0.05, 0.1) is 18.6 Å². The van der Waals surface area contributed by atoms with Crippen molar-refractivity contribution < 1.29 is 14.6 Å². The van der Waals surface area contributed by atoms with Crippen molar-refractivity contribution >= 4 is 22.6 Å². The first-order chi connectivity index (χ1) is 9.36. The minimum Gasteiger partial charge on any atom is -0.481 e. The maximum Gasteiger partial charge on any atom is 0.309 e. The molecule has 0 radical (unpaired) electrons. The summed E-state index contributed by atoms with van der Waals surface area (Å²) in [7, 11) is 0. The molecule has 1 aromatic rings. The molecule has 6 nitrogen and oxygen atoms in total. The monoisotopic (exact) mass is 297 g/mol. The molecule has 0 bridgehead atoms. The molecule has 1 N–H and O–H groups in total. The number of nitrogens with zero attached hydrogens (tertiary/aromatic N) is 3. The van der Waals surface area contributed by atoms with Gasteiger partial charge in [-0.25, -0.2) is 4.98 Å². The van der Waals surface area contributed by atoms with Gasteiger partial charge in [-0.3, -0.25) is 4.79 Å². The average Bonchev–Trinajstić information content (AvgIpc) is 3.01. The molecule has 0 aromatic carbocycles. The second kappa shape index (κ2) is 4.66. The Morgan fingerprint density at radius 1 is 1.45 bits per heavy atom. The summed E-state index contributed by atoms with van der Waals surface area (Å²) in [4.78, 5) is 17.9. The average molecular weight is 297 g/mol. The molecule has 2 fully saturated rings. The molecule has 2 aliphatic heterocycles. The fourth-order valence-corrected chi connectivity index (χ4v) is 3.65. The molecule has 2 saturated heterocycles. The third kappa shape index (κ3) is 2.29. The summed E-state index contributed by atoms with van der Waals surface area (Å²) in [5.41, 5.74) is -0.0650. The van der Waals surface area contributed by atoms with Crippen molar-refractivity contribution in [1.29, 1.82) is 0 Å². The zero-order valence-corrected chi connectivity index (χ0v) is 12.7. The highest BCUT2D eigenvalue weighted by molar-refractivity contribution is 7.09. The maximum atomic E-state index is 11.2. The van der Waals surface area contributed by atoms with E-state index in [0.29, 0.717) is 19.7 Å². The number of fused-ring (bicyclic) bond motifs is 1. The van der Waals surface area contributed by atoms with Crippen LogP contribution in [0.4, 0.5) is 5.13 Å². The number of anilines is 1. The van der Waals surface area contributed by atoms with Crippen LogP contribution in [0.15, 0.2) is 0 Å². The molecule has 0 saturated carbocycles. The van der Waals surface area contributed by atoms with Crippen molar-refractivity contribution in [2.75, 3.05) is 24.6 Å². The Labute approximate surface area is 121 Å². The lowest BCUT2D eigenvalue weighted by Crippen LogP contribution is -2.27. The van der Waals surface area contributed by atoms with E-state index in [0.717, 1.165) is 11.0 Å². The van der Waals surface area contributed by atoms with Crippen LogP contribution in [0.3, 0.4) is 0 Å². The first-order valence-electron chi connectivity index (χ1n) is 6.80. The molecule has 110 valence electrons. The lowest BCUT2D eigenvalue weighted by Gasteiger charge is -2.17. The van der Waals surface area contributed by atoms with Crippen molar-refractivity contribution in [3.8, 4) is 0 Å². The fraction of sp³-hybridized carbons (Fsp3) is 0.769. The number of carboxylic acid groups (broad SMARTS) is 1. The molecule has 3 rings (SSSR count). The zero-order chi connectivity index (χ0) is 14.5. The van der Waals surface area contributed by atoms with E-state index >= 15 is 0 Å². The topological polar surface area (TPSA) is 75.6 Å². The lowest BCUT2D eigenvalue weighted by molar-refractivity contribution is -0.142. The number of aliphatic carboxylic acids is 1. The van der Waals surface area contributed by atoms with Crippen LogP contribution in [0.5, 0.6) is 0 Å². The molecule has 0 aliphatic carbocycles. The molecule has 7 heteroatoms. The number of ether oxygens (including phenoxy) is 1. The van der Waals surface area contributed by atoms with Crippen LogP contribution < -0.4 is 4.90 Å². The number of carboxylic acids is 1. The SMILES string of the molecule is CC(C)(C)c1nsc(N2C[C@@H]3[C@H](C2)OC[C@@H]3C(=O)O)n1. The molecule has 3 atom stereocenters. The standard InChI is InChI=1S/C13H19N3O3S/c1-13(2,3)11-14-12(20-15-11)16-4-7-8(10(17)18)6-19-9(7)5-16/h7-9H,4-6H2,1-3H3,(H,17,18)/t7-,8-,9-/m0/s1. The Bertz CT molecular complexity index is 525. The van der Waals surface area contributed by atoms with Crippen LogP contribution in [0.2, 0.25) is 0 Å². The largest absolute Gasteiger partial charge is 0.481 e. The van der Waals surface area contributed by atoms with E-state index in [2.05, 4.69) is 35.0 Å². The van der Waals surface area contributed by atoms with Gasteiger partial charge in [-0.1, -0.05) is 20.8 Å². The first-order valence-corrected chi connectivity index (χ1v) is 7.57. The smallest absolute Gasteiger partial charge is 0.309 e. The van der Waals surface area contributed by atoms with E-state index in [1.165, 1.54) is 11.5 Å². The molecule has 3 heterocycles. The van der Waals surface area contributed by atoms with E-state index in [9.17, 15) is 9.90 Å².